The number of amides is 2. The van der Waals surface area contributed by atoms with Crippen LogP contribution in [0, 0.1) is 11.8 Å². The summed E-state index contributed by atoms with van der Waals surface area (Å²) in [6.45, 7) is 7.67. The van der Waals surface area contributed by atoms with Crippen LogP contribution in [-0.4, -0.2) is 74.7 Å². The molecule has 1 unspecified atom stereocenters. The van der Waals surface area contributed by atoms with Crippen LogP contribution in [0.15, 0.2) is 29.2 Å². The molecule has 9 nitrogen and oxygen atoms in total. The van der Waals surface area contributed by atoms with Crippen molar-refractivity contribution in [1.29, 1.82) is 0 Å². The van der Waals surface area contributed by atoms with E-state index < -0.39 is 15.9 Å². The minimum absolute atomic E-state index is 0.0751. The molecule has 2 heterocycles. The molecule has 0 N–H and O–H groups in total. The Bertz CT molecular complexity index is 966. The Morgan fingerprint density at radius 2 is 1.64 bits per heavy atom. The van der Waals surface area contributed by atoms with E-state index in [-0.39, 0.29) is 41.6 Å². The number of carbonyl (C=O) groups is 3. The van der Waals surface area contributed by atoms with Gasteiger partial charge < -0.3 is 14.5 Å². The van der Waals surface area contributed by atoms with Crippen molar-refractivity contribution < 1.29 is 27.5 Å². The second kappa shape index (κ2) is 10.6. The Kier molecular flexibility index (Phi) is 8.12. The number of rotatable bonds is 8. The molecule has 0 saturated carbocycles. The van der Waals surface area contributed by atoms with Gasteiger partial charge in [-0.2, -0.15) is 4.31 Å². The Labute approximate surface area is 195 Å². The fraction of sp³-hybridized carbons (Fsp3) is 0.609. The summed E-state index contributed by atoms with van der Waals surface area (Å²) >= 11 is 0. The summed E-state index contributed by atoms with van der Waals surface area (Å²) in [6, 6.07) is 6.25. The first-order valence-corrected chi connectivity index (χ1v) is 13.0. The number of hydrogen-bond acceptors (Lipinski definition) is 6. The van der Waals surface area contributed by atoms with Gasteiger partial charge in [0.15, 0.2) is 0 Å². The number of benzene rings is 1. The number of hydrogen-bond donors (Lipinski definition) is 0. The van der Waals surface area contributed by atoms with Gasteiger partial charge in [0.05, 0.1) is 23.3 Å². The highest BCUT2D eigenvalue weighted by Crippen LogP contribution is 2.29. The zero-order chi connectivity index (χ0) is 24.2. The third-order valence-electron chi connectivity index (χ3n) is 6.39. The molecule has 2 aliphatic heterocycles. The van der Waals surface area contributed by atoms with Gasteiger partial charge in [0.1, 0.15) is 0 Å². The number of nitrogens with zero attached hydrogens (tertiary/aromatic N) is 3. The lowest BCUT2D eigenvalue weighted by Gasteiger charge is -2.32. The predicted octanol–water partition coefficient (Wildman–Crippen LogP) is 1.87. The zero-order valence-corrected chi connectivity index (χ0v) is 20.3. The van der Waals surface area contributed by atoms with E-state index in [0.717, 1.165) is 0 Å². The fourth-order valence-corrected chi connectivity index (χ4v) is 5.95. The van der Waals surface area contributed by atoms with Crippen LogP contribution in [-0.2, 0) is 29.1 Å². The Hall–Kier alpha value is -2.46. The van der Waals surface area contributed by atoms with Crippen molar-refractivity contribution in [2.24, 2.45) is 11.8 Å². The van der Waals surface area contributed by atoms with E-state index in [1.165, 1.54) is 16.4 Å². The molecule has 0 radical (unpaired) electrons. The van der Waals surface area contributed by atoms with Gasteiger partial charge in [-0.1, -0.05) is 13.8 Å². The first kappa shape index (κ1) is 25.2. The summed E-state index contributed by atoms with van der Waals surface area (Å²) in [5.74, 6) is -1.07. The first-order valence-electron chi connectivity index (χ1n) is 11.6. The summed E-state index contributed by atoms with van der Waals surface area (Å²) in [4.78, 5) is 41.0. The summed E-state index contributed by atoms with van der Waals surface area (Å²) in [7, 11) is -3.57. The van der Waals surface area contributed by atoms with Crippen molar-refractivity contribution in [2.75, 3.05) is 44.2 Å². The Morgan fingerprint density at radius 3 is 2.18 bits per heavy atom. The lowest BCUT2D eigenvalue weighted by atomic mass is 9.95. The maximum absolute atomic E-state index is 13.0. The monoisotopic (exact) mass is 479 g/mol. The average molecular weight is 480 g/mol. The van der Waals surface area contributed by atoms with Crippen LogP contribution in [0.3, 0.4) is 0 Å². The normalized spacial score (nSPS) is 19.9. The summed E-state index contributed by atoms with van der Waals surface area (Å²) in [5, 5.41) is 0. The SMILES string of the molecule is CCOC(=O)C1CCN(C(=O)C2CC(=O)N(c3ccc(S(=O)(=O)N(CC)CC)cc3)C2)CC1. The van der Waals surface area contributed by atoms with E-state index in [4.69, 9.17) is 4.74 Å². The molecule has 10 heteroatoms. The second-order valence-corrected chi connectivity index (χ2v) is 10.3. The van der Waals surface area contributed by atoms with E-state index in [1.807, 2.05) is 0 Å². The number of esters is 1. The van der Waals surface area contributed by atoms with Crippen LogP contribution in [0.1, 0.15) is 40.0 Å². The molecule has 33 heavy (non-hydrogen) atoms. The largest absolute Gasteiger partial charge is 0.466 e. The number of sulfonamides is 1. The maximum Gasteiger partial charge on any atom is 0.309 e. The third-order valence-corrected chi connectivity index (χ3v) is 8.46. The number of anilines is 1. The molecule has 0 aliphatic carbocycles. The lowest BCUT2D eigenvalue weighted by Crippen LogP contribution is -2.44. The molecule has 2 amide bonds. The third kappa shape index (κ3) is 5.38. The molecule has 3 rings (SSSR count). The lowest BCUT2D eigenvalue weighted by molar-refractivity contribution is -0.151. The molecule has 1 atom stereocenters. The smallest absolute Gasteiger partial charge is 0.309 e. The molecule has 1 aromatic carbocycles. The quantitative estimate of drug-likeness (QED) is 0.527. The number of carbonyl (C=O) groups excluding carboxylic acids is 3. The molecule has 182 valence electrons. The Morgan fingerprint density at radius 1 is 1.03 bits per heavy atom. The summed E-state index contributed by atoms with van der Waals surface area (Å²) in [6.07, 6.45) is 1.25. The second-order valence-electron chi connectivity index (χ2n) is 8.34. The predicted molar refractivity (Wildman–Crippen MR) is 123 cm³/mol. The summed E-state index contributed by atoms with van der Waals surface area (Å²) in [5.41, 5.74) is 0.579. The van der Waals surface area contributed by atoms with Gasteiger partial charge in [0.25, 0.3) is 0 Å². The van der Waals surface area contributed by atoms with Crippen molar-refractivity contribution >= 4 is 33.5 Å². The van der Waals surface area contributed by atoms with E-state index in [2.05, 4.69) is 0 Å². The van der Waals surface area contributed by atoms with Gasteiger partial charge in [-0.3, -0.25) is 14.4 Å². The van der Waals surface area contributed by atoms with Crippen molar-refractivity contribution in [3.05, 3.63) is 24.3 Å². The van der Waals surface area contributed by atoms with Crippen molar-refractivity contribution in [3.63, 3.8) is 0 Å². The molecule has 2 fully saturated rings. The van der Waals surface area contributed by atoms with E-state index in [0.29, 0.717) is 51.3 Å². The summed E-state index contributed by atoms with van der Waals surface area (Å²) < 4.78 is 31.8. The highest BCUT2D eigenvalue weighted by atomic mass is 32.2. The van der Waals surface area contributed by atoms with Gasteiger partial charge in [0, 0.05) is 44.8 Å². The molecule has 2 aliphatic rings. The minimum Gasteiger partial charge on any atom is -0.466 e. The number of likely N-dealkylation sites (tertiary alicyclic amines) is 1. The molecule has 2 saturated heterocycles. The molecule has 0 bridgehead atoms. The standard InChI is InChI=1S/C23H33N3O6S/c1-4-25(5-2)33(30,31)20-9-7-19(8-10-20)26-16-18(15-21(26)27)22(28)24-13-11-17(12-14-24)23(29)32-6-3/h7-10,17-18H,4-6,11-16H2,1-3H3. The number of ether oxygens (including phenoxy) is 1. The zero-order valence-electron chi connectivity index (χ0n) is 19.5. The topological polar surface area (TPSA) is 104 Å². The van der Waals surface area contributed by atoms with Gasteiger partial charge in [-0.25, -0.2) is 8.42 Å². The molecule has 1 aromatic rings. The molecule has 0 spiro atoms. The van der Waals surface area contributed by atoms with Gasteiger partial charge in [0.2, 0.25) is 21.8 Å². The van der Waals surface area contributed by atoms with Crippen LogP contribution in [0.5, 0.6) is 0 Å². The van der Waals surface area contributed by atoms with Gasteiger partial charge in [-0.15, -0.1) is 0 Å². The Balaban J connectivity index is 1.62. The van der Waals surface area contributed by atoms with Crippen LogP contribution in [0.4, 0.5) is 5.69 Å². The minimum atomic E-state index is -3.57. The maximum atomic E-state index is 13.0. The van der Waals surface area contributed by atoms with Crippen LogP contribution >= 0.6 is 0 Å². The first-order chi connectivity index (χ1) is 15.7. The highest BCUT2D eigenvalue weighted by molar-refractivity contribution is 7.89. The van der Waals surface area contributed by atoms with E-state index >= 15 is 0 Å². The van der Waals surface area contributed by atoms with Gasteiger partial charge in [-0.05, 0) is 44.0 Å². The fourth-order valence-electron chi connectivity index (χ4n) is 4.49. The molecular weight excluding hydrogens is 446 g/mol. The number of piperidine rings is 1. The van der Waals surface area contributed by atoms with Crippen LogP contribution in [0.2, 0.25) is 0 Å². The van der Waals surface area contributed by atoms with Crippen molar-refractivity contribution in [1.82, 2.24) is 9.21 Å². The average Bonchev–Trinajstić information content (AvgIpc) is 3.21. The van der Waals surface area contributed by atoms with Gasteiger partial charge >= 0.3 is 5.97 Å². The van der Waals surface area contributed by atoms with Crippen molar-refractivity contribution in [2.45, 2.75) is 44.9 Å². The van der Waals surface area contributed by atoms with E-state index in [1.54, 1.807) is 42.7 Å². The highest BCUT2D eigenvalue weighted by Gasteiger charge is 2.39. The molecule has 0 aromatic heterocycles. The van der Waals surface area contributed by atoms with Crippen LogP contribution in [0.25, 0.3) is 0 Å². The molecular formula is C23H33N3O6S. The van der Waals surface area contributed by atoms with Crippen molar-refractivity contribution in [3.8, 4) is 0 Å². The van der Waals surface area contributed by atoms with Crippen LogP contribution < -0.4 is 4.90 Å². The van der Waals surface area contributed by atoms with E-state index in [9.17, 15) is 22.8 Å².